The lowest BCUT2D eigenvalue weighted by Gasteiger charge is -2.06. The smallest absolute Gasteiger partial charge is 0.291 e. The molecule has 1 heterocycles. The first-order valence-corrected chi connectivity index (χ1v) is 8.83. The highest BCUT2D eigenvalue weighted by Gasteiger charge is 2.21. The molecule has 0 spiro atoms. The minimum Gasteiger partial charge on any atom is -0.451 e. The van der Waals surface area contributed by atoms with E-state index in [0.717, 1.165) is 17.5 Å². The van der Waals surface area contributed by atoms with Gasteiger partial charge in [0.05, 0.1) is 6.42 Å². The average molecular weight is 348 g/mol. The van der Waals surface area contributed by atoms with E-state index in [-0.39, 0.29) is 17.6 Å². The van der Waals surface area contributed by atoms with Gasteiger partial charge < -0.3 is 15.1 Å². The first-order valence-electron chi connectivity index (χ1n) is 8.83. The molecule has 3 aromatic rings. The fourth-order valence-electron chi connectivity index (χ4n) is 2.82. The van der Waals surface area contributed by atoms with Crippen molar-refractivity contribution in [2.24, 2.45) is 5.92 Å². The van der Waals surface area contributed by atoms with Crippen LogP contribution in [0.2, 0.25) is 0 Å². The van der Waals surface area contributed by atoms with Gasteiger partial charge in [0.2, 0.25) is 5.91 Å². The molecule has 0 unspecified atom stereocenters. The normalized spacial score (nSPS) is 13.5. The van der Waals surface area contributed by atoms with Crippen LogP contribution in [-0.2, 0) is 11.2 Å². The maximum atomic E-state index is 12.3. The molecular formula is C21H20N2O3. The molecule has 1 aliphatic carbocycles. The van der Waals surface area contributed by atoms with Gasteiger partial charge in [0.25, 0.3) is 5.91 Å². The van der Waals surface area contributed by atoms with Gasteiger partial charge in [-0.2, -0.15) is 0 Å². The zero-order valence-electron chi connectivity index (χ0n) is 14.3. The van der Waals surface area contributed by atoms with Gasteiger partial charge >= 0.3 is 0 Å². The molecule has 132 valence electrons. The van der Waals surface area contributed by atoms with Crippen LogP contribution in [0.1, 0.15) is 29.0 Å². The average Bonchev–Trinajstić information content (AvgIpc) is 3.37. The number of hydrogen-bond donors (Lipinski definition) is 2. The maximum Gasteiger partial charge on any atom is 0.291 e. The number of rotatable bonds is 6. The van der Waals surface area contributed by atoms with Gasteiger partial charge in [-0.05, 0) is 48.6 Å². The van der Waals surface area contributed by atoms with Gasteiger partial charge in [0.15, 0.2) is 5.76 Å². The lowest BCUT2D eigenvalue weighted by molar-refractivity contribution is -0.120. The number of amides is 2. The predicted molar refractivity (Wildman–Crippen MR) is 100 cm³/mol. The van der Waals surface area contributed by atoms with Gasteiger partial charge in [-0.3, -0.25) is 9.59 Å². The van der Waals surface area contributed by atoms with Crippen LogP contribution < -0.4 is 10.6 Å². The van der Waals surface area contributed by atoms with Crippen LogP contribution in [0.15, 0.2) is 59.0 Å². The van der Waals surface area contributed by atoms with E-state index in [9.17, 15) is 9.59 Å². The van der Waals surface area contributed by atoms with E-state index in [1.165, 1.54) is 12.8 Å². The van der Waals surface area contributed by atoms with Gasteiger partial charge in [-0.15, -0.1) is 0 Å². The van der Waals surface area contributed by atoms with Crippen molar-refractivity contribution in [2.45, 2.75) is 19.3 Å². The van der Waals surface area contributed by atoms with Crippen LogP contribution in [0.25, 0.3) is 11.0 Å². The van der Waals surface area contributed by atoms with Crippen LogP contribution in [0.3, 0.4) is 0 Å². The second kappa shape index (κ2) is 7.04. The Morgan fingerprint density at radius 2 is 1.81 bits per heavy atom. The molecule has 4 rings (SSSR count). The number of fused-ring (bicyclic) bond motifs is 1. The lowest BCUT2D eigenvalue weighted by atomic mass is 10.1. The van der Waals surface area contributed by atoms with Crippen LogP contribution in [-0.4, -0.2) is 18.4 Å². The second-order valence-electron chi connectivity index (χ2n) is 6.72. The Morgan fingerprint density at radius 1 is 1.04 bits per heavy atom. The van der Waals surface area contributed by atoms with E-state index < -0.39 is 0 Å². The van der Waals surface area contributed by atoms with E-state index in [4.69, 9.17) is 4.42 Å². The van der Waals surface area contributed by atoms with Crippen LogP contribution in [0.4, 0.5) is 5.69 Å². The fraction of sp³-hybridized carbons (Fsp3) is 0.238. The summed E-state index contributed by atoms with van der Waals surface area (Å²) in [5, 5.41) is 6.66. The topological polar surface area (TPSA) is 71.3 Å². The molecule has 1 aliphatic rings. The largest absolute Gasteiger partial charge is 0.451 e. The summed E-state index contributed by atoms with van der Waals surface area (Å²) < 4.78 is 5.56. The quantitative estimate of drug-likeness (QED) is 0.712. The second-order valence-corrected chi connectivity index (χ2v) is 6.72. The summed E-state index contributed by atoms with van der Waals surface area (Å²) in [5.74, 6) is 0.691. The molecule has 0 radical (unpaired) electrons. The molecule has 0 atom stereocenters. The predicted octanol–water partition coefficient (Wildman–Crippen LogP) is 3.75. The molecule has 1 saturated carbocycles. The third-order valence-electron chi connectivity index (χ3n) is 4.51. The van der Waals surface area contributed by atoms with Crippen LogP contribution in [0, 0.1) is 5.92 Å². The van der Waals surface area contributed by atoms with Gasteiger partial charge in [-0.1, -0.05) is 30.3 Å². The molecule has 5 heteroatoms. The summed E-state index contributed by atoms with van der Waals surface area (Å²) >= 11 is 0. The first-order chi connectivity index (χ1) is 12.7. The summed E-state index contributed by atoms with van der Waals surface area (Å²) in [6.07, 6.45) is 2.80. The highest BCUT2D eigenvalue weighted by atomic mass is 16.3. The van der Waals surface area contributed by atoms with Crippen LogP contribution in [0.5, 0.6) is 0 Å². The number of nitrogens with one attached hydrogen (secondary N) is 2. The summed E-state index contributed by atoms with van der Waals surface area (Å²) in [7, 11) is 0. The zero-order valence-corrected chi connectivity index (χ0v) is 14.3. The first kappa shape index (κ1) is 16.4. The monoisotopic (exact) mass is 348 g/mol. The molecule has 2 N–H and O–H groups in total. The molecule has 0 bridgehead atoms. The van der Waals surface area contributed by atoms with Crippen molar-refractivity contribution in [1.29, 1.82) is 0 Å². The summed E-state index contributed by atoms with van der Waals surface area (Å²) in [6, 6.07) is 16.5. The summed E-state index contributed by atoms with van der Waals surface area (Å²) in [4.78, 5) is 24.2. The molecule has 2 aromatic carbocycles. The maximum absolute atomic E-state index is 12.3. The number of hydrogen-bond acceptors (Lipinski definition) is 3. The van der Waals surface area contributed by atoms with E-state index in [0.29, 0.717) is 23.6 Å². The van der Waals surface area contributed by atoms with E-state index >= 15 is 0 Å². The third-order valence-corrected chi connectivity index (χ3v) is 4.51. The number of carbonyl (C=O) groups is 2. The molecule has 5 nitrogen and oxygen atoms in total. The zero-order chi connectivity index (χ0) is 17.9. The van der Waals surface area contributed by atoms with Crippen molar-refractivity contribution in [3.8, 4) is 0 Å². The lowest BCUT2D eigenvalue weighted by Crippen LogP contribution is -2.27. The van der Waals surface area contributed by atoms with Crippen molar-refractivity contribution in [2.75, 3.05) is 11.9 Å². The molecule has 2 amide bonds. The van der Waals surface area contributed by atoms with Gasteiger partial charge in [-0.25, -0.2) is 0 Å². The number of para-hydroxylation sites is 1. The summed E-state index contributed by atoms with van der Waals surface area (Å²) in [5.41, 5.74) is 2.27. The Bertz CT molecular complexity index is 906. The Kier molecular flexibility index (Phi) is 4.44. The SMILES string of the molecule is O=C(Cc1ccc(NC(=O)c2cc3ccccc3o2)cc1)NCC1CC1. The van der Waals surface area contributed by atoms with E-state index in [1.54, 1.807) is 18.2 Å². The number of furan rings is 1. The fourth-order valence-corrected chi connectivity index (χ4v) is 2.82. The standard InChI is InChI=1S/C21H20N2O3/c24-20(22-13-15-5-6-15)11-14-7-9-17(10-8-14)23-21(25)19-12-16-3-1-2-4-18(16)26-19/h1-4,7-10,12,15H,5-6,11,13H2,(H,22,24)(H,23,25). The minimum absolute atomic E-state index is 0.0379. The Labute approximate surface area is 151 Å². The molecule has 1 fully saturated rings. The Hall–Kier alpha value is -3.08. The van der Waals surface area contributed by atoms with Crippen molar-refractivity contribution < 1.29 is 14.0 Å². The molecule has 0 aliphatic heterocycles. The van der Waals surface area contributed by atoms with Crippen LogP contribution >= 0.6 is 0 Å². The van der Waals surface area contributed by atoms with Gasteiger partial charge in [0, 0.05) is 17.6 Å². The number of anilines is 1. The minimum atomic E-state index is -0.295. The molecule has 0 saturated heterocycles. The summed E-state index contributed by atoms with van der Waals surface area (Å²) in [6.45, 7) is 0.782. The van der Waals surface area contributed by atoms with Crippen molar-refractivity contribution in [3.05, 3.63) is 65.9 Å². The Morgan fingerprint density at radius 3 is 2.54 bits per heavy atom. The highest BCUT2D eigenvalue weighted by molar-refractivity contribution is 6.04. The third kappa shape index (κ3) is 3.94. The van der Waals surface area contributed by atoms with Gasteiger partial charge in [0.1, 0.15) is 5.58 Å². The molecule has 26 heavy (non-hydrogen) atoms. The number of carbonyl (C=O) groups excluding carboxylic acids is 2. The molecular weight excluding hydrogens is 328 g/mol. The highest BCUT2D eigenvalue weighted by Crippen LogP contribution is 2.27. The van der Waals surface area contributed by atoms with Crippen molar-refractivity contribution in [1.82, 2.24) is 5.32 Å². The van der Waals surface area contributed by atoms with E-state index in [1.807, 2.05) is 36.4 Å². The Balaban J connectivity index is 1.35. The number of benzene rings is 2. The van der Waals surface area contributed by atoms with E-state index in [2.05, 4.69) is 10.6 Å². The molecule has 1 aromatic heterocycles. The van der Waals surface area contributed by atoms with Crippen molar-refractivity contribution in [3.63, 3.8) is 0 Å². The van der Waals surface area contributed by atoms with Crippen molar-refractivity contribution >= 4 is 28.5 Å².